The summed E-state index contributed by atoms with van der Waals surface area (Å²) in [5.74, 6) is 1.70. The van der Waals surface area contributed by atoms with Gasteiger partial charge in [-0.3, -0.25) is 4.90 Å². The van der Waals surface area contributed by atoms with Gasteiger partial charge >= 0.3 is 0 Å². The molecule has 8 heteroatoms. The van der Waals surface area contributed by atoms with Crippen LogP contribution in [0.4, 0.5) is 0 Å². The third-order valence-electron chi connectivity index (χ3n) is 4.27. The molecule has 1 aliphatic heterocycles. The van der Waals surface area contributed by atoms with Gasteiger partial charge in [0, 0.05) is 33.3 Å². The van der Waals surface area contributed by atoms with Crippen LogP contribution in [-0.4, -0.2) is 77.1 Å². The normalized spacial score (nSPS) is 15.0. The van der Waals surface area contributed by atoms with Gasteiger partial charge in [0.25, 0.3) is 0 Å². The number of nitrogens with zero attached hydrogens (tertiary/aromatic N) is 2. The summed E-state index contributed by atoms with van der Waals surface area (Å²) in [6.07, 6.45) is 1.09. The number of guanidine groups is 1. The van der Waals surface area contributed by atoms with Gasteiger partial charge in [0.15, 0.2) is 5.96 Å². The molecule has 160 valence electrons. The van der Waals surface area contributed by atoms with Gasteiger partial charge in [-0.2, -0.15) is 0 Å². The summed E-state index contributed by atoms with van der Waals surface area (Å²) in [4.78, 5) is 7.13. The summed E-state index contributed by atoms with van der Waals surface area (Å²) < 4.78 is 16.1. The van der Waals surface area contributed by atoms with Gasteiger partial charge in [0.05, 0.1) is 26.4 Å². The highest BCUT2D eigenvalue weighted by atomic mass is 127. The van der Waals surface area contributed by atoms with Gasteiger partial charge in [0.1, 0.15) is 12.4 Å². The minimum absolute atomic E-state index is 0. The molecule has 1 saturated heterocycles. The Morgan fingerprint density at radius 3 is 2.79 bits per heavy atom. The number of hydrogen-bond donors (Lipinski definition) is 2. The topological polar surface area (TPSA) is 67.4 Å². The van der Waals surface area contributed by atoms with Crippen LogP contribution in [0.25, 0.3) is 0 Å². The van der Waals surface area contributed by atoms with E-state index in [1.807, 2.05) is 18.2 Å². The molecule has 1 aromatic carbocycles. The third kappa shape index (κ3) is 10.4. The number of ether oxygens (including phenoxy) is 3. The van der Waals surface area contributed by atoms with Crippen LogP contribution in [0.2, 0.25) is 0 Å². The van der Waals surface area contributed by atoms with E-state index in [4.69, 9.17) is 14.2 Å². The molecule has 2 N–H and O–H groups in total. The molecule has 0 amide bonds. The number of aliphatic imine (C=N–C) groups is 1. The van der Waals surface area contributed by atoms with Crippen molar-refractivity contribution >= 4 is 29.9 Å². The Kier molecular flexibility index (Phi) is 14.1. The van der Waals surface area contributed by atoms with E-state index in [0.29, 0.717) is 19.8 Å². The van der Waals surface area contributed by atoms with E-state index in [0.717, 1.165) is 69.6 Å². The third-order valence-corrected chi connectivity index (χ3v) is 4.27. The zero-order chi connectivity index (χ0) is 19.2. The molecule has 0 atom stereocenters. The lowest BCUT2D eigenvalue weighted by Gasteiger charge is -2.26. The van der Waals surface area contributed by atoms with E-state index in [9.17, 15) is 0 Å². The van der Waals surface area contributed by atoms with Crippen LogP contribution in [-0.2, 0) is 16.0 Å². The summed E-state index contributed by atoms with van der Waals surface area (Å²) in [7, 11) is 1.67. The van der Waals surface area contributed by atoms with Crippen LogP contribution in [0.1, 0.15) is 18.9 Å². The molecule has 1 heterocycles. The average molecular weight is 506 g/mol. The number of halogens is 1. The number of benzene rings is 1. The van der Waals surface area contributed by atoms with Gasteiger partial charge in [0.2, 0.25) is 0 Å². The van der Waals surface area contributed by atoms with Crippen molar-refractivity contribution in [3.63, 3.8) is 0 Å². The van der Waals surface area contributed by atoms with Crippen molar-refractivity contribution in [3.8, 4) is 5.75 Å². The molecule has 7 nitrogen and oxygen atoms in total. The van der Waals surface area contributed by atoms with Gasteiger partial charge in [-0.15, -0.1) is 24.0 Å². The van der Waals surface area contributed by atoms with E-state index in [1.54, 1.807) is 7.11 Å². The van der Waals surface area contributed by atoms with Gasteiger partial charge in [-0.1, -0.05) is 12.1 Å². The molecule has 0 aliphatic carbocycles. The molecule has 0 spiro atoms. The monoisotopic (exact) mass is 506 g/mol. The zero-order valence-corrected chi connectivity index (χ0v) is 19.4. The van der Waals surface area contributed by atoms with Crippen molar-refractivity contribution in [1.29, 1.82) is 0 Å². The first kappa shape index (κ1) is 24.9. The van der Waals surface area contributed by atoms with Crippen molar-refractivity contribution in [2.45, 2.75) is 19.9 Å². The smallest absolute Gasteiger partial charge is 0.191 e. The maximum Gasteiger partial charge on any atom is 0.191 e. The Morgan fingerprint density at radius 2 is 2.04 bits per heavy atom. The molecule has 2 rings (SSSR count). The molecule has 1 aliphatic rings. The van der Waals surface area contributed by atoms with Gasteiger partial charge < -0.3 is 24.8 Å². The van der Waals surface area contributed by atoms with Crippen molar-refractivity contribution in [1.82, 2.24) is 15.5 Å². The predicted molar refractivity (Wildman–Crippen MR) is 124 cm³/mol. The number of nitrogens with one attached hydrogen (secondary N) is 2. The van der Waals surface area contributed by atoms with Gasteiger partial charge in [-0.25, -0.2) is 4.99 Å². The van der Waals surface area contributed by atoms with Crippen LogP contribution in [0.5, 0.6) is 5.75 Å². The summed E-state index contributed by atoms with van der Waals surface area (Å²) in [5.41, 5.74) is 1.12. The summed E-state index contributed by atoms with van der Waals surface area (Å²) in [6, 6.07) is 8.05. The fraction of sp³-hybridized carbons (Fsp3) is 0.650. The first-order valence-electron chi connectivity index (χ1n) is 9.84. The quantitative estimate of drug-likeness (QED) is 0.208. The first-order chi connectivity index (χ1) is 13.3. The fourth-order valence-corrected chi connectivity index (χ4v) is 2.82. The highest BCUT2D eigenvalue weighted by Crippen LogP contribution is 2.14. The highest BCUT2D eigenvalue weighted by molar-refractivity contribution is 14.0. The minimum atomic E-state index is 0. The largest absolute Gasteiger partial charge is 0.491 e. The van der Waals surface area contributed by atoms with Crippen LogP contribution >= 0.6 is 24.0 Å². The Labute approximate surface area is 186 Å². The number of morpholine rings is 1. The standard InChI is InChI=1S/C20H34N4O3.HI/c1-3-21-20(22-8-5-9-24-10-12-26-13-11-24)23-17-18-6-4-7-19(16-18)27-15-14-25-2;/h4,6-7,16H,3,5,8-15,17H2,1-2H3,(H2,21,22,23);1H. The first-order valence-corrected chi connectivity index (χ1v) is 9.84. The Bertz CT molecular complexity index is 554. The lowest BCUT2D eigenvalue weighted by molar-refractivity contribution is 0.0376. The molecule has 0 saturated carbocycles. The highest BCUT2D eigenvalue weighted by Gasteiger charge is 2.09. The predicted octanol–water partition coefficient (Wildman–Crippen LogP) is 2.11. The second-order valence-corrected chi connectivity index (χ2v) is 6.42. The Balaban J connectivity index is 0.00000392. The number of rotatable bonds is 11. The molecule has 0 unspecified atom stereocenters. The molecule has 0 aromatic heterocycles. The SMILES string of the molecule is CCNC(=NCc1cccc(OCCOC)c1)NCCCN1CCOCC1.I. The fourth-order valence-electron chi connectivity index (χ4n) is 2.82. The van der Waals surface area contributed by atoms with Crippen LogP contribution in [0.3, 0.4) is 0 Å². The molecular formula is C20H35IN4O3. The van der Waals surface area contributed by atoms with Crippen LogP contribution < -0.4 is 15.4 Å². The Morgan fingerprint density at radius 1 is 1.21 bits per heavy atom. The lowest BCUT2D eigenvalue weighted by Crippen LogP contribution is -2.40. The molecule has 1 fully saturated rings. The lowest BCUT2D eigenvalue weighted by atomic mass is 10.2. The summed E-state index contributed by atoms with van der Waals surface area (Å²) >= 11 is 0. The second-order valence-electron chi connectivity index (χ2n) is 6.42. The zero-order valence-electron chi connectivity index (χ0n) is 17.1. The number of methoxy groups -OCH3 is 1. The van der Waals surface area contributed by atoms with Crippen LogP contribution in [0.15, 0.2) is 29.3 Å². The molecular weight excluding hydrogens is 471 g/mol. The maximum absolute atomic E-state index is 5.66. The maximum atomic E-state index is 5.66. The van der Waals surface area contributed by atoms with E-state index >= 15 is 0 Å². The van der Waals surface area contributed by atoms with E-state index in [2.05, 4.69) is 33.5 Å². The van der Waals surface area contributed by atoms with Crippen molar-refractivity contribution < 1.29 is 14.2 Å². The van der Waals surface area contributed by atoms with E-state index in [1.165, 1.54) is 0 Å². The van der Waals surface area contributed by atoms with Crippen molar-refractivity contribution in [2.24, 2.45) is 4.99 Å². The average Bonchev–Trinajstić information content (AvgIpc) is 2.70. The van der Waals surface area contributed by atoms with E-state index < -0.39 is 0 Å². The number of hydrogen-bond acceptors (Lipinski definition) is 5. The summed E-state index contributed by atoms with van der Waals surface area (Å²) in [5, 5.41) is 6.73. The van der Waals surface area contributed by atoms with Crippen molar-refractivity contribution in [3.05, 3.63) is 29.8 Å². The van der Waals surface area contributed by atoms with Crippen molar-refractivity contribution in [2.75, 3.05) is 66.3 Å². The summed E-state index contributed by atoms with van der Waals surface area (Å²) in [6.45, 7) is 10.5. The molecule has 28 heavy (non-hydrogen) atoms. The van der Waals surface area contributed by atoms with E-state index in [-0.39, 0.29) is 24.0 Å². The van der Waals surface area contributed by atoms with Crippen LogP contribution in [0, 0.1) is 0 Å². The molecule has 0 radical (unpaired) electrons. The molecule has 0 bridgehead atoms. The second kappa shape index (κ2) is 15.8. The minimum Gasteiger partial charge on any atom is -0.491 e. The van der Waals surface area contributed by atoms with Gasteiger partial charge in [-0.05, 0) is 37.6 Å². The molecule has 1 aromatic rings. The Hall–Kier alpha value is -1.10.